The summed E-state index contributed by atoms with van der Waals surface area (Å²) >= 11 is 8.43. The normalized spacial score (nSPS) is 9.81. The molecule has 6 heteroatoms. The molecular formula is C15H14BrN3OS. The number of hydrogen-bond acceptors (Lipinski definition) is 2. The largest absolute Gasteiger partial charge is 0.331 e. The summed E-state index contributed by atoms with van der Waals surface area (Å²) in [5.41, 5.74) is 7.78. The first kappa shape index (κ1) is 15.5. The van der Waals surface area contributed by atoms with Gasteiger partial charge in [-0.25, -0.2) is 0 Å². The maximum atomic E-state index is 11.9. The SMILES string of the molecule is Cc1ccc(NC(=S)NNC(=O)c2ccc(Br)cc2)cc1. The maximum absolute atomic E-state index is 11.9. The van der Waals surface area contributed by atoms with Crippen LogP contribution in [0.5, 0.6) is 0 Å². The second-order valence-corrected chi connectivity index (χ2v) is 5.73. The van der Waals surface area contributed by atoms with Gasteiger partial charge in [0.05, 0.1) is 0 Å². The van der Waals surface area contributed by atoms with E-state index < -0.39 is 0 Å². The number of hydrazine groups is 1. The molecule has 0 bridgehead atoms. The van der Waals surface area contributed by atoms with E-state index in [1.165, 1.54) is 5.56 Å². The number of amides is 1. The average molecular weight is 364 g/mol. The molecule has 4 nitrogen and oxygen atoms in total. The molecule has 0 saturated heterocycles. The van der Waals surface area contributed by atoms with Crippen LogP contribution >= 0.6 is 28.1 Å². The van der Waals surface area contributed by atoms with Crippen LogP contribution in [-0.4, -0.2) is 11.0 Å². The third kappa shape index (κ3) is 4.84. The van der Waals surface area contributed by atoms with E-state index in [9.17, 15) is 4.79 Å². The van der Waals surface area contributed by atoms with Crippen LogP contribution in [0.3, 0.4) is 0 Å². The van der Waals surface area contributed by atoms with Crippen LogP contribution in [0.4, 0.5) is 5.69 Å². The summed E-state index contributed by atoms with van der Waals surface area (Å²) < 4.78 is 0.920. The van der Waals surface area contributed by atoms with Gasteiger partial charge in [-0.2, -0.15) is 0 Å². The highest BCUT2D eigenvalue weighted by Crippen LogP contribution is 2.10. The Morgan fingerprint density at radius 2 is 1.62 bits per heavy atom. The van der Waals surface area contributed by atoms with E-state index in [1.807, 2.05) is 31.2 Å². The number of anilines is 1. The second-order valence-electron chi connectivity index (χ2n) is 4.41. The molecule has 2 rings (SSSR count). The Labute approximate surface area is 137 Å². The minimum Gasteiger partial charge on any atom is -0.331 e. The Kier molecular flexibility index (Phi) is 5.30. The van der Waals surface area contributed by atoms with E-state index in [2.05, 4.69) is 32.1 Å². The predicted molar refractivity (Wildman–Crippen MR) is 92.1 cm³/mol. The minimum atomic E-state index is -0.254. The van der Waals surface area contributed by atoms with E-state index in [0.29, 0.717) is 10.7 Å². The van der Waals surface area contributed by atoms with Gasteiger partial charge in [0.25, 0.3) is 5.91 Å². The monoisotopic (exact) mass is 363 g/mol. The van der Waals surface area contributed by atoms with Crippen molar-refractivity contribution in [1.82, 2.24) is 10.9 Å². The number of nitrogens with one attached hydrogen (secondary N) is 3. The van der Waals surface area contributed by atoms with E-state index in [1.54, 1.807) is 24.3 Å². The van der Waals surface area contributed by atoms with Crippen molar-refractivity contribution in [3.63, 3.8) is 0 Å². The van der Waals surface area contributed by atoms with Gasteiger partial charge in [0.1, 0.15) is 0 Å². The molecule has 0 fully saturated rings. The van der Waals surface area contributed by atoms with Crippen molar-refractivity contribution < 1.29 is 4.79 Å². The van der Waals surface area contributed by atoms with Crippen molar-refractivity contribution in [2.45, 2.75) is 6.92 Å². The van der Waals surface area contributed by atoms with Gasteiger partial charge in [0.2, 0.25) is 0 Å². The first-order valence-electron chi connectivity index (χ1n) is 6.24. The maximum Gasteiger partial charge on any atom is 0.269 e. The Morgan fingerprint density at radius 1 is 1.00 bits per heavy atom. The van der Waals surface area contributed by atoms with Crippen LogP contribution in [-0.2, 0) is 0 Å². The molecule has 0 radical (unpaired) electrons. The van der Waals surface area contributed by atoms with Crippen molar-refractivity contribution in [2.75, 3.05) is 5.32 Å². The Bertz CT molecular complexity index is 641. The summed E-state index contributed by atoms with van der Waals surface area (Å²) in [5.74, 6) is -0.254. The van der Waals surface area contributed by atoms with E-state index >= 15 is 0 Å². The minimum absolute atomic E-state index is 0.254. The smallest absolute Gasteiger partial charge is 0.269 e. The molecule has 108 valence electrons. The lowest BCUT2D eigenvalue weighted by atomic mass is 10.2. The molecule has 0 aliphatic rings. The fourth-order valence-electron chi connectivity index (χ4n) is 1.59. The zero-order chi connectivity index (χ0) is 15.2. The van der Waals surface area contributed by atoms with E-state index in [0.717, 1.165) is 10.2 Å². The highest BCUT2D eigenvalue weighted by Gasteiger charge is 2.05. The van der Waals surface area contributed by atoms with Gasteiger partial charge in [-0.15, -0.1) is 0 Å². The molecule has 0 heterocycles. The van der Waals surface area contributed by atoms with Crippen molar-refractivity contribution in [2.24, 2.45) is 0 Å². The summed E-state index contributed by atoms with van der Waals surface area (Å²) in [6.07, 6.45) is 0. The number of rotatable bonds is 2. The van der Waals surface area contributed by atoms with Crippen molar-refractivity contribution in [3.8, 4) is 0 Å². The summed E-state index contributed by atoms with van der Waals surface area (Å²) in [5, 5.41) is 3.31. The van der Waals surface area contributed by atoms with Gasteiger partial charge in [0, 0.05) is 15.7 Å². The van der Waals surface area contributed by atoms with Crippen LogP contribution in [0.1, 0.15) is 15.9 Å². The fraction of sp³-hybridized carbons (Fsp3) is 0.0667. The van der Waals surface area contributed by atoms with Crippen molar-refractivity contribution in [3.05, 3.63) is 64.1 Å². The van der Waals surface area contributed by atoms with Crippen LogP contribution in [0.15, 0.2) is 53.0 Å². The molecule has 0 unspecified atom stereocenters. The fourth-order valence-corrected chi connectivity index (χ4v) is 2.02. The van der Waals surface area contributed by atoms with Gasteiger partial charge in [-0.05, 0) is 55.5 Å². The van der Waals surface area contributed by atoms with E-state index in [4.69, 9.17) is 12.2 Å². The quantitative estimate of drug-likeness (QED) is 0.565. The molecule has 1 amide bonds. The molecule has 0 aromatic heterocycles. The highest BCUT2D eigenvalue weighted by atomic mass is 79.9. The second kappa shape index (κ2) is 7.19. The molecule has 0 atom stereocenters. The predicted octanol–water partition coefficient (Wildman–Crippen LogP) is 3.39. The third-order valence-corrected chi connectivity index (χ3v) is 3.44. The molecule has 0 aliphatic carbocycles. The zero-order valence-electron chi connectivity index (χ0n) is 11.3. The summed E-state index contributed by atoms with van der Waals surface area (Å²) in [4.78, 5) is 11.9. The molecule has 0 spiro atoms. The lowest BCUT2D eigenvalue weighted by molar-refractivity contribution is 0.0944. The molecule has 2 aromatic rings. The van der Waals surface area contributed by atoms with Crippen LogP contribution in [0, 0.1) is 6.92 Å². The van der Waals surface area contributed by atoms with Crippen LogP contribution in [0.25, 0.3) is 0 Å². The Balaban J connectivity index is 1.84. The molecule has 0 aliphatic heterocycles. The van der Waals surface area contributed by atoms with Crippen LogP contribution < -0.4 is 16.2 Å². The average Bonchev–Trinajstić information content (AvgIpc) is 2.48. The standard InChI is InChI=1S/C15H14BrN3OS/c1-10-2-8-13(9-3-10)17-15(21)19-18-14(20)11-4-6-12(16)7-5-11/h2-9H,1H3,(H,18,20)(H2,17,19,21). The van der Waals surface area contributed by atoms with Gasteiger partial charge < -0.3 is 5.32 Å². The summed E-state index contributed by atoms with van der Waals surface area (Å²) in [7, 11) is 0. The number of halogens is 1. The molecule has 3 N–H and O–H groups in total. The Hall–Kier alpha value is -1.92. The van der Waals surface area contributed by atoms with Gasteiger partial charge in [0.15, 0.2) is 5.11 Å². The van der Waals surface area contributed by atoms with Gasteiger partial charge in [-0.3, -0.25) is 15.6 Å². The molecular weight excluding hydrogens is 350 g/mol. The lowest BCUT2D eigenvalue weighted by Crippen LogP contribution is -2.43. The Morgan fingerprint density at radius 3 is 2.24 bits per heavy atom. The number of carbonyl (C=O) groups is 1. The molecule has 2 aromatic carbocycles. The van der Waals surface area contributed by atoms with Crippen molar-refractivity contribution >= 4 is 44.9 Å². The lowest BCUT2D eigenvalue weighted by Gasteiger charge is -2.11. The zero-order valence-corrected chi connectivity index (χ0v) is 13.7. The molecule has 21 heavy (non-hydrogen) atoms. The molecule has 0 saturated carbocycles. The number of benzene rings is 2. The van der Waals surface area contributed by atoms with Gasteiger partial charge in [-0.1, -0.05) is 33.6 Å². The topological polar surface area (TPSA) is 53.2 Å². The van der Waals surface area contributed by atoms with Crippen molar-refractivity contribution in [1.29, 1.82) is 0 Å². The number of aryl methyl sites for hydroxylation is 1. The first-order valence-corrected chi connectivity index (χ1v) is 7.44. The summed E-state index contributed by atoms with van der Waals surface area (Å²) in [6, 6.07) is 14.8. The number of hydrogen-bond donors (Lipinski definition) is 3. The highest BCUT2D eigenvalue weighted by molar-refractivity contribution is 9.10. The number of thiocarbonyl (C=S) groups is 1. The van der Waals surface area contributed by atoms with Gasteiger partial charge >= 0.3 is 0 Å². The summed E-state index contributed by atoms with van der Waals surface area (Å²) in [6.45, 7) is 2.01. The van der Waals surface area contributed by atoms with E-state index in [-0.39, 0.29) is 5.91 Å². The van der Waals surface area contributed by atoms with Crippen LogP contribution in [0.2, 0.25) is 0 Å². The third-order valence-electron chi connectivity index (χ3n) is 2.71. The number of carbonyl (C=O) groups excluding carboxylic acids is 1. The first-order chi connectivity index (χ1) is 10.0.